The van der Waals surface area contributed by atoms with Crippen molar-refractivity contribution in [1.29, 1.82) is 0 Å². The highest BCUT2D eigenvalue weighted by Gasteiger charge is 2.09. The fourth-order valence-electron chi connectivity index (χ4n) is 2.14. The SMILES string of the molecule is CO[SiH](CCCC(C)=COC=C(C)CCC[SiH](OC)OC)OC. The highest BCUT2D eigenvalue weighted by molar-refractivity contribution is 6.44. The largest absolute Gasteiger partial charge is 0.473 e. The van der Waals surface area contributed by atoms with Gasteiger partial charge in [0.15, 0.2) is 0 Å². The Bertz CT molecular complexity index is 307. The summed E-state index contributed by atoms with van der Waals surface area (Å²) in [7, 11) is 4.07. The molecule has 0 aromatic heterocycles. The van der Waals surface area contributed by atoms with Gasteiger partial charge < -0.3 is 22.4 Å². The first-order chi connectivity index (χ1) is 11.1. The lowest BCUT2D eigenvalue weighted by Gasteiger charge is -2.10. The van der Waals surface area contributed by atoms with Crippen LogP contribution in [0.4, 0.5) is 0 Å². The lowest BCUT2D eigenvalue weighted by molar-refractivity contribution is 0.276. The molecule has 0 fully saturated rings. The molecule has 5 nitrogen and oxygen atoms in total. The molecule has 0 spiro atoms. The first-order valence-corrected chi connectivity index (χ1v) is 11.7. The molecule has 0 radical (unpaired) electrons. The van der Waals surface area contributed by atoms with E-state index in [-0.39, 0.29) is 0 Å². The fraction of sp³-hybridized carbons (Fsp3) is 0.750. The topological polar surface area (TPSA) is 46.2 Å². The lowest BCUT2D eigenvalue weighted by atomic mass is 10.2. The molecular weight excluding hydrogens is 328 g/mol. The maximum Gasteiger partial charge on any atom is 0.320 e. The molecule has 136 valence electrons. The Kier molecular flexibility index (Phi) is 14.8. The number of ether oxygens (including phenoxy) is 1. The fourth-order valence-corrected chi connectivity index (χ4v) is 4.55. The molecule has 0 saturated carbocycles. The molecule has 7 heteroatoms. The zero-order valence-corrected chi connectivity index (χ0v) is 17.9. The van der Waals surface area contributed by atoms with Crippen LogP contribution < -0.4 is 0 Å². The Morgan fingerprint density at radius 2 is 1.04 bits per heavy atom. The van der Waals surface area contributed by atoms with E-state index in [4.69, 9.17) is 22.4 Å². The molecule has 0 aliphatic heterocycles. The quantitative estimate of drug-likeness (QED) is 0.350. The van der Waals surface area contributed by atoms with E-state index in [1.165, 1.54) is 11.1 Å². The van der Waals surface area contributed by atoms with Crippen molar-refractivity contribution in [2.24, 2.45) is 0 Å². The van der Waals surface area contributed by atoms with Crippen LogP contribution in [0.25, 0.3) is 0 Å². The summed E-state index contributed by atoms with van der Waals surface area (Å²) in [5, 5.41) is 0. The summed E-state index contributed by atoms with van der Waals surface area (Å²) in [6.07, 6.45) is 7.85. The first-order valence-electron chi connectivity index (χ1n) is 8.15. The second-order valence-electron chi connectivity index (χ2n) is 5.65. The van der Waals surface area contributed by atoms with Crippen LogP contribution in [-0.2, 0) is 22.4 Å². The summed E-state index contributed by atoms with van der Waals surface area (Å²) in [6, 6.07) is 2.05. The average Bonchev–Trinajstić information content (AvgIpc) is 2.55. The van der Waals surface area contributed by atoms with E-state index < -0.39 is 18.6 Å². The van der Waals surface area contributed by atoms with Crippen molar-refractivity contribution >= 4 is 18.6 Å². The van der Waals surface area contributed by atoms with Crippen molar-refractivity contribution in [2.45, 2.75) is 51.6 Å². The van der Waals surface area contributed by atoms with Crippen LogP contribution in [0.5, 0.6) is 0 Å². The van der Waals surface area contributed by atoms with Crippen LogP contribution in [0.15, 0.2) is 23.7 Å². The monoisotopic (exact) mass is 362 g/mol. The van der Waals surface area contributed by atoms with Gasteiger partial charge in [-0.25, -0.2) is 0 Å². The van der Waals surface area contributed by atoms with Crippen molar-refractivity contribution in [3.05, 3.63) is 23.7 Å². The molecule has 0 aliphatic carbocycles. The predicted octanol–water partition coefficient (Wildman–Crippen LogP) is 3.40. The number of allylic oxidation sites excluding steroid dienone is 2. The van der Waals surface area contributed by atoms with Gasteiger partial charge in [-0.15, -0.1) is 0 Å². The van der Waals surface area contributed by atoms with Crippen molar-refractivity contribution in [2.75, 3.05) is 28.4 Å². The molecule has 0 bridgehead atoms. The molecule has 0 aliphatic rings. The maximum atomic E-state index is 5.55. The third-order valence-corrected chi connectivity index (χ3v) is 7.47. The van der Waals surface area contributed by atoms with Crippen LogP contribution >= 0.6 is 0 Å². The van der Waals surface area contributed by atoms with Gasteiger partial charge >= 0.3 is 18.6 Å². The summed E-state index contributed by atoms with van der Waals surface area (Å²) in [5.74, 6) is 0. The Morgan fingerprint density at radius 3 is 1.35 bits per heavy atom. The lowest BCUT2D eigenvalue weighted by Crippen LogP contribution is -2.18. The summed E-state index contributed by atoms with van der Waals surface area (Å²) >= 11 is 0. The van der Waals surface area contributed by atoms with Crippen LogP contribution in [0.2, 0.25) is 12.1 Å². The molecule has 0 N–H and O–H groups in total. The highest BCUT2D eigenvalue weighted by Crippen LogP contribution is 2.12. The molecule has 0 amide bonds. The minimum Gasteiger partial charge on any atom is -0.473 e. The molecule has 0 rings (SSSR count). The van der Waals surface area contributed by atoms with E-state index >= 15 is 0 Å². The van der Waals surface area contributed by atoms with Crippen molar-refractivity contribution < 1.29 is 22.4 Å². The van der Waals surface area contributed by atoms with Crippen molar-refractivity contribution in [1.82, 2.24) is 0 Å². The maximum absolute atomic E-state index is 5.55. The zero-order valence-electron chi connectivity index (χ0n) is 15.6. The summed E-state index contributed by atoms with van der Waals surface area (Å²) < 4.78 is 26.8. The third kappa shape index (κ3) is 12.6. The Labute approximate surface area is 145 Å². The summed E-state index contributed by atoms with van der Waals surface area (Å²) in [4.78, 5) is 0. The van der Waals surface area contributed by atoms with E-state index in [2.05, 4.69) is 13.8 Å². The molecule has 0 aromatic carbocycles. The second-order valence-corrected chi connectivity index (χ2v) is 10.4. The summed E-state index contributed by atoms with van der Waals surface area (Å²) in [6.45, 7) is 4.18. The van der Waals surface area contributed by atoms with Gasteiger partial charge in [0.1, 0.15) is 0 Å². The van der Waals surface area contributed by atoms with Gasteiger partial charge in [0, 0.05) is 28.4 Å². The minimum atomic E-state index is -1.42. The minimum absolute atomic E-state index is 1.01. The van der Waals surface area contributed by atoms with Crippen LogP contribution in [0, 0.1) is 0 Å². The smallest absolute Gasteiger partial charge is 0.320 e. The molecule has 0 atom stereocenters. The van der Waals surface area contributed by atoms with Crippen molar-refractivity contribution in [3.63, 3.8) is 0 Å². The molecule has 0 aromatic rings. The number of hydrogen-bond acceptors (Lipinski definition) is 5. The number of rotatable bonds is 14. The second kappa shape index (κ2) is 15.1. The van der Waals surface area contributed by atoms with Gasteiger partial charge in [0.25, 0.3) is 0 Å². The van der Waals surface area contributed by atoms with Gasteiger partial charge in [0.2, 0.25) is 0 Å². The zero-order chi connectivity index (χ0) is 17.5. The van der Waals surface area contributed by atoms with Crippen LogP contribution in [0.1, 0.15) is 39.5 Å². The van der Waals surface area contributed by atoms with Crippen molar-refractivity contribution in [3.8, 4) is 0 Å². The molecular formula is C16H34O5Si2. The molecule has 0 saturated heterocycles. The predicted molar refractivity (Wildman–Crippen MR) is 99.0 cm³/mol. The third-order valence-electron chi connectivity index (χ3n) is 3.61. The Morgan fingerprint density at radius 1 is 0.696 bits per heavy atom. The molecule has 0 heterocycles. The standard InChI is InChI=1S/C16H34O5Si2/c1-15(9-7-11-22(17-3)18-4)13-21-14-16(2)10-8-12-23(19-5)20-6/h13-14,22-23H,7-12H2,1-6H3. The number of hydrogen-bond donors (Lipinski definition) is 0. The van der Waals surface area contributed by atoms with Crippen LogP contribution in [-0.4, -0.2) is 47.0 Å². The van der Waals surface area contributed by atoms with E-state index in [0.717, 1.165) is 37.8 Å². The van der Waals surface area contributed by atoms with Gasteiger partial charge in [-0.1, -0.05) is 0 Å². The highest BCUT2D eigenvalue weighted by atomic mass is 28.3. The van der Waals surface area contributed by atoms with E-state index in [1.807, 2.05) is 12.5 Å². The average molecular weight is 363 g/mol. The Hall–Kier alpha value is -0.446. The van der Waals surface area contributed by atoms with E-state index in [1.54, 1.807) is 28.4 Å². The first kappa shape index (κ1) is 22.6. The summed E-state index contributed by atoms with van der Waals surface area (Å²) in [5.41, 5.74) is 2.47. The van der Waals surface area contributed by atoms with E-state index in [0.29, 0.717) is 0 Å². The molecule has 0 unspecified atom stereocenters. The Balaban J connectivity index is 3.90. The van der Waals surface area contributed by atoms with E-state index in [9.17, 15) is 0 Å². The van der Waals surface area contributed by atoms with Gasteiger partial charge in [0.05, 0.1) is 12.5 Å². The molecule has 23 heavy (non-hydrogen) atoms. The van der Waals surface area contributed by atoms with Gasteiger partial charge in [-0.2, -0.15) is 0 Å². The normalized spacial score (nSPS) is 13.2. The van der Waals surface area contributed by atoms with Gasteiger partial charge in [-0.3, -0.25) is 0 Å². The van der Waals surface area contributed by atoms with Gasteiger partial charge in [-0.05, 0) is 62.8 Å². The van der Waals surface area contributed by atoms with Crippen LogP contribution in [0.3, 0.4) is 0 Å².